The number of halogens is 1. The second-order valence-electron chi connectivity index (χ2n) is 3.87. The van der Waals surface area contributed by atoms with Gasteiger partial charge in [-0.3, -0.25) is 4.68 Å². The molecule has 2 rings (SSSR count). The molecule has 15 heavy (non-hydrogen) atoms. The monoisotopic (exact) mass is 267 g/mol. The molecule has 4 heteroatoms. The number of likely N-dealkylation sites (N-methyl/N-ethyl adjacent to an activating group) is 1. The van der Waals surface area contributed by atoms with Crippen LogP contribution in [0.3, 0.4) is 0 Å². The fourth-order valence-corrected chi connectivity index (χ4v) is 1.91. The van der Waals surface area contributed by atoms with Crippen molar-refractivity contribution >= 4 is 26.8 Å². The first-order valence-corrected chi connectivity index (χ1v) is 5.72. The van der Waals surface area contributed by atoms with Gasteiger partial charge in [-0.05, 0) is 32.3 Å². The molecule has 0 amide bonds. The second-order valence-corrected chi connectivity index (χ2v) is 4.79. The summed E-state index contributed by atoms with van der Waals surface area (Å²) in [7, 11) is 4.14. The lowest BCUT2D eigenvalue weighted by Crippen LogP contribution is -2.18. The molecule has 0 aliphatic rings. The SMILES string of the molecule is CN(C)CCn1ncc2cc(Br)ccc21. The summed E-state index contributed by atoms with van der Waals surface area (Å²) >= 11 is 3.46. The summed E-state index contributed by atoms with van der Waals surface area (Å²) in [5, 5.41) is 5.56. The van der Waals surface area contributed by atoms with E-state index in [1.165, 1.54) is 10.9 Å². The van der Waals surface area contributed by atoms with Crippen molar-refractivity contribution in [3.63, 3.8) is 0 Å². The first-order chi connectivity index (χ1) is 7.16. The van der Waals surface area contributed by atoms with Crippen LogP contribution in [0.15, 0.2) is 28.9 Å². The van der Waals surface area contributed by atoms with Gasteiger partial charge in [0.05, 0.1) is 18.3 Å². The van der Waals surface area contributed by atoms with Crippen LogP contribution in [-0.2, 0) is 6.54 Å². The molecule has 1 heterocycles. The van der Waals surface area contributed by atoms with Crippen molar-refractivity contribution in [3.05, 3.63) is 28.9 Å². The Morgan fingerprint density at radius 3 is 2.93 bits per heavy atom. The zero-order valence-electron chi connectivity index (χ0n) is 8.94. The van der Waals surface area contributed by atoms with E-state index in [9.17, 15) is 0 Å². The van der Waals surface area contributed by atoms with Crippen LogP contribution in [-0.4, -0.2) is 35.3 Å². The molecule has 3 nitrogen and oxygen atoms in total. The number of fused-ring (bicyclic) bond motifs is 1. The first-order valence-electron chi connectivity index (χ1n) is 4.92. The Kier molecular flexibility index (Phi) is 3.07. The molecule has 80 valence electrons. The van der Waals surface area contributed by atoms with Gasteiger partial charge in [0.1, 0.15) is 0 Å². The average Bonchev–Trinajstić information content (AvgIpc) is 2.57. The van der Waals surface area contributed by atoms with Crippen molar-refractivity contribution in [2.75, 3.05) is 20.6 Å². The topological polar surface area (TPSA) is 21.1 Å². The molecule has 0 radical (unpaired) electrons. The first kappa shape index (κ1) is 10.6. The molecule has 1 aromatic carbocycles. The molecule has 2 aromatic rings. The van der Waals surface area contributed by atoms with Gasteiger partial charge in [0, 0.05) is 16.4 Å². The van der Waals surface area contributed by atoms with Crippen molar-refractivity contribution < 1.29 is 0 Å². The van der Waals surface area contributed by atoms with E-state index >= 15 is 0 Å². The van der Waals surface area contributed by atoms with E-state index in [1.54, 1.807) is 0 Å². The van der Waals surface area contributed by atoms with Crippen molar-refractivity contribution in [3.8, 4) is 0 Å². The predicted octanol–water partition coefficient (Wildman–Crippen LogP) is 2.36. The molecule has 0 unspecified atom stereocenters. The molecule has 0 atom stereocenters. The van der Waals surface area contributed by atoms with Crippen LogP contribution in [0.4, 0.5) is 0 Å². The van der Waals surface area contributed by atoms with E-state index in [-0.39, 0.29) is 0 Å². The molecule has 0 saturated carbocycles. The molecule has 0 fully saturated rings. The van der Waals surface area contributed by atoms with E-state index in [2.05, 4.69) is 58.2 Å². The van der Waals surface area contributed by atoms with Crippen LogP contribution in [0.2, 0.25) is 0 Å². The third-order valence-electron chi connectivity index (χ3n) is 2.36. The minimum atomic E-state index is 0.929. The van der Waals surface area contributed by atoms with E-state index in [4.69, 9.17) is 0 Å². The van der Waals surface area contributed by atoms with Crippen molar-refractivity contribution in [2.24, 2.45) is 0 Å². The van der Waals surface area contributed by atoms with E-state index < -0.39 is 0 Å². The number of nitrogens with zero attached hydrogens (tertiary/aromatic N) is 3. The van der Waals surface area contributed by atoms with Crippen molar-refractivity contribution in [1.82, 2.24) is 14.7 Å². The average molecular weight is 268 g/mol. The lowest BCUT2D eigenvalue weighted by atomic mass is 10.2. The van der Waals surface area contributed by atoms with Crippen LogP contribution >= 0.6 is 15.9 Å². The summed E-state index contributed by atoms with van der Waals surface area (Å²) < 4.78 is 3.14. The zero-order valence-corrected chi connectivity index (χ0v) is 10.5. The highest BCUT2D eigenvalue weighted by Gasteiger charge is 2.02. The maximum atomic E-state index is 4.38. The Balaban J connectivity index is 2.29. The minimum Gasteiger partial charge on any atom is -0.308 e. The van der Waals surface area contributed by atoms with E-state index in [1.807, 2.05) is 10.9 Å². The number of hydrogen-bond donors (Lipinski definition) is 0. The van der Waals surface area contributed by atoms with Crippen LogP contribution < -0.4 is 0 Å². The van der Waals surface area contributed by atoms with Gasteiger partial charge in [-0.2, -0.15) is 5.10 Å². The number of aromatic nitrogens is 2. The summed E-state index contributed by atoms with van der Waals surface area (Å²) in [4.78, 5) is 2.16. The molecular weight excluding hydrogens is 254 g/mol. The summed E-state index contributed by atoms with van der Waals surface area (Å²) in [5.74, 6) is 0. The summed E-state index contributed by atoms with van der Waals surface area (Å²) in [6.07, 6.45) is 1.91. The number of rotatable bonds is 3. The quantitative estimate of drug-likeness (QED) is 0.852. The molecule has 0 N–H and O–H groups in total. The lowest BCUT2D eigenvalue weighted by molar-refractivity contribution is 0.377. The summed E-state index contributed by atoms with van der Waals surface area (Å²) in [5.41, 5.74) is 1.19. The van der Waals surface area contributed by atoms with Gasteiger partial charge >= 0.3 is 0 Å². The van der Waals surface area contributed by atoms with Crippen molar-refractivity contribution in [2.45, 2.75) is 6.54 Å². The Labute approximate surface area is 97.8 Å². The third-order valence-corrected chi connectivity index (χ3v) is 2.86. The lowest BCUT2D eigenvalue weighted by Gasteiger charge is -2.09. The maximum absolute atomic E-state index is 4.38. The standard InChI is InChI=1S/C11H14BrN3/c1-14(2)5-6-15-11-4-3-10(12)7-9(11)8-13-15/h3-4,7-8H,5-6H2,1-2H3. The van der Waals surface area contributed by atoms with Gasteiger partial charge in [0.2, 0.25) is 0 Å². The second kappa shape index (κ2) is 4.33. The molecule has 0 saturated heterocycles. The maximum Gasteiger partial charge on any atom is 0.0683 e. The van der Waals surface area contributed by atoms with Crippen LogP contribution in [0.5, 0.6) is 0 Å². The van der Waals surface area contributed by atoms with Gasteiger partial charge < -0.3 is 4.90 Å². The molecule has 0 spiro atoms. The summed E-state index contributed by atoms with van der Waals surface area (Å²) in [6.45, 7) is 1.94. The van der Waals surface area contributed by atoms with Crippen molar-refractivity contribution in [1.29, 1.82) is 0 Å². The van der Waals surface area contributed by atoms with Crippen LogP contribution in [0, 0.1) is 0 Å². The normalized spacial score (nSPS) is 11.5. The predicted molar refractivity (Wildman–Crippen MR) is 66.0 cm³/mol. The fourth-order valence-electron chi connectivity index (χ4n) is 1.53. The van der Waals surface area contributed by atoms with Gasteiger partial charge in [-0.1, -0.05) is 15.9 Å². The molecule has 1 aromatic heterocycles. The Morgan fingerprint density at radius 1 is 1.40 bits per heavy atom. The third kappa shape index (κ3) is 2.38. The minimum absolute atomic E-state index is 0.929. The Bertz CT molecular complexity index is 462. The molecule has 0 bridgehead atoms. The van der Waals surface area contributed by atoms with E-state index in [0.717, 1.165) is 17.6 Å². The fraction of sp³-hybridized carbons (Fsp3) is 0.364. The number of benzene rings is 1. The molecule has 0 aliphatic heterocycles. The smallest absolute Gasteiger partial charge is 0.0683 e. The molecular formula is C11H14BrN3. The number of hydrogen-bond acceptors (Lipinski definition) is 2. The highest BCUT2D eigenvalue weighted by molar-refractivity contribution is 9.10. The Hall–Kier alpha value is -0.870. The highest BCUT2D eigenvalue weighted by Crippen LogP contribution is 2.19. The van der Waals surface area contributed by atoms with Crippen LogP contribution in [0.1, 0.15) is 0 Å². The molecule has 0 aliphatic carbocycles. The van der Waals surface area contributed by atoms with Gasteiger partial charge in [0.15, 0.2) is 0 Å². The summed E-state index contributed by atoms with van der Waals surface area (Å²) in [6, 6.07) is 6.24. The van der Waals surface area contributed by atoms with Gasteiger partial charge in [-0.25, -0.2) is 0 Å². The van der Waals surface area contributed by atoms with Gasteiger partial charge in [0.25, 0.3) is 0 Å². The van der Waals surface area contributed by atoms with Gasteiger partial charge in [-0.15, -0.1) is 0 Å². The van der Waals surface area contributed by atoms with E-state index in [0.29, 0.717) is 0 Å². The zero-order chi connectivity index (χ0) is 10.8. The Morgan fingerprint density at radius 2 is 2.20 bits per heavy atom. The largest absolute Gasteiger partial charge is 0.308 e. The van der Waals surface area contributed by atoms with Crippen LogP contribution in [0.25, 0.3) is 10.9 Å². The highest BCUT2D eigenvalue weighted by atomic mass is 79.9.